The average Bonchev–Trinajstić information content (AvgIpc) is 2.74. The summed E-state index contributed by atoms with van der Waals surface area (Å²) in [7, 11) is 0. The minimum Gasteiger partial charge on any atom is -0.481 e. The predicted octanol–water partition coefficient (Wildman–Crippen LogP) is -1.24. The maximum absolute atomic E-state index is 12.2. The van der Waals surface area contributed by atoms with Crippen molar-refractivity contribution in [2.45, 2.75) is 52.0 Å². The lowest BCUT2D eigenvalue weighted by molar-refractivity contribution is -0.136. The number of H-pyrrole nitrogens is 1. The molecular formula is C20H26N4O8. The summed E-state index contributed by atoms with van der Waals surface area (Å²) in [6.45, 7) is 4.33. The average molecular weight is 450 g/mol. The number of nitrogens with zero attached hydrogens (tertiary/aromatic N) is 3. The van der Waals surface area contributed by atoms with Crippen LogP contribution in [0.15, 0.2) is 21.7 Å². The number of carboxylic acid groups (broad SMARTS) is 1. The molecule has 6 N–H and O–H groups in total. The molecule has 3 atom stereocenters. The van der Waals surface area contributed by atoms with Gasteiger partial charge in [0.05, 0.1) is 24.2 Å². The molecule has 0 amide bonds. The molecule has 174 valence electrons. The number of fused-ring (bicyclic) bond motifs is 2. The maximum atomic E-state index is 12.2. The molecule has 0 saturated carbocycles. The van der Waals surface area contributed by atoms with Gasteiger partial charge in [-0.05, 0) is 37.1 Å². The summed E-state index contributed by atoms with van der Waals surface area (Å²) in [5.74, 6) is -0.797. The van der Waals surface area contributed by atoms with Crippen LogP contribution in [0.4, 0.5) is 0 Å². The number of aryl methyl sites for hydroxylation is 2. The van der Waals surface area contributed by atoms with E-state index in [1.807, 2.05) is 13.8 Å². The van der Waals surface area contributed by atoms with Crippen LogP contribution in [0.2, 0.25) is 0 Å². The lowest BCUT2D eigenvalue weighted by Gasteiger charge is -2.25. The Kier molecular flexibility index (Phi) is 8.16. The van der Waals surface area contributed by atoms with E-state index < -0.39 is 42.1 Å². The van der Waals surface area contributed by atoms with E-state index in [1.54, 1.807) is 19.1 Å². The molecule has 0 saturated heterocycles. The van der Waals surface area contributed by atoms with E-state index in [1.165, 1.54) is 4.57 Å². The fourth-order valence-electron chi connectivity index (χ4n) is 2.89. The Morgan fingerprint density at radius 1 is 1.09 bits per heavy atom. The van der Waals surface area contributed by atoms with Gasteiger partial charge in [-0.1, -0.05) is 6.92 Å². The second-order valence-corrected chi connectivity index (χ2v) is 7.25. The van der Waals surface area contributed by atoms with Crippen LogP contribution in [-0.4, -0.2) is 75.9 Å². The van der Waals surface area contributed by atoms with Gasteiger partial charge in [-0.15, -0.1) is 0 Å². The number of carboxylic acids is 1. The van der Waals surface area contributed by atoms with Crippen molar-refractivity contribution in [1.82, 2.24) is 19.5 Å². The quantitative estimate of drug-likeness (QED) is 0.247. The van der Waals surface area contributed by atoms with Gasteiger partial charge in [-0.25, -0.2) is 9.78 Å². The third kappa shape index (κ3) is 5.53. The summed E-state index contributed by atoms with van der Waals surface area (Å²) in [5.41, 5.74) is 1.11. The molecule has 0 radical (unpaired) electrons. The number of hydrogen-bond donors (Lipinski definition) is 6. The summed E-state index contributed by atoms with van der Waals surface area (Å²) in [6.07, 6.45) is -4.46. The van der Waals surface area contributed by atoms with Crippen molar-refractivity contribution in [3.8, 4) is 11.5 Å². The standard InChI is InChI=1S/C17H20N4O6.C3H6O2/c1-7-3-9-10(4-8(7)2)21(5-11(23)14(25)12(24)6-22)15-13(18-9)16(26)20-17(27)19-15;1-2-3(4)5/h3-4,11-12,14,22-25H,5-6H2,1-2H3,(H,20,26,27);2H2,1H3,(H,4,5)/t11-,12+,14-;/m1./s1. The van der Waals surface area contributed by atoms with E-state index in [9.17, 15) is 29.7 Å². The first-order valence-corrected chi connectivity index (χ1v) is 9.78. The zero-order valence-electron chi connectivity index (χ0n) is 17.8. The van der Waals surface area contributed by atoms with E-state index in [2.05, 4.69) is 15.0 Å². The molecule has 32 heavy (non-hydrogen) atoms. The molecular weight excluding hydrogens is 424 g/mol. The van der Waals surface area contributed by atoms with Crippen LogP contribution in [0.3, 0.4) is 0 Å². The van der Waals surface area contributed by atoms with E-state index >= 15 is 0 Å². The normalized spacial score (nSPS) is 14.0. The highest BCUT2D eigenvalue weighted by molar-refractivity contribution is 5.81. The molecule has 2 aliphatic rings. The number of nitrogens with one attached hydrogen (secondary N) is 1. The van der Waals surface area contributed by atoms with Crippen molar-refractivity contribution in [3.05, 3.63) is 44.1 Å². The number of hydrogen-bond acceptors (Lipinski definition) is 9. The van der Waals surface area contributed by atoms with E-state index in [0.29, 0.717) is 11.0 Å². The lowest BCUT2D eigenvalue weighted by Crippen LogP contribution is -2.42. The minimum atomic E-state index is -1.64. The summed E-state index contributed by atoms with van der Waals surface area (Å²) in [4.78, 5) is 43.4. The number of aliphatic carboxylic acids is 1. The van der Waals surface area contributed by atoms with Gasteiger partial charge in [-0.2, -0.15) is 4.98 Å². The second kappa shape index (κ2) is 10.4. The molecule has 0 unspecified atom stereocenters. The number of aromatic amines is 1. The van der Waals surface area contributed by atoms with Gasteiger partial charge in [-0.3, -0.25) is 14.6 Å². The summed E-state index contributed by atoms with van der Waals surface area (Å²) in [6, 6.07) is 3.53. The van der Waals surface area contributed by atoms with Gasteiger partial charge >= 0.3 is 11.7 Å². The van der Waals surface area contributed by atoms with E-state index in [0.717, 1.165) is 11.1 Å². The Balaban J connectivity index is 0.000000654. The number of aromatic nitrogens is 4. The van der Waals surface area contributed by atoms with Crippen molar-refractivity contribution in [2.24, 2.45) is 0 Å². The molecule has 12 heteroatoms. The predicted molar refractivity (Wildman–Crippen MR) is 114 cm³/mol. The van der Waals surface area contributed by atoms with Gasteiger partial charge in [0, 0.05) is 6.42 Å². The highest BCUT2D eigenvalue weighted by Gasteiger charge is 2.27. The SMILES string of the molecule is CCC(=O)O.Cc1cc2nc3c(=O)[nH]c(=O)nc-3n(C[C@@H](O)[C@@H](O)[C@@H](O)CO)c2cc1C. The summed E-state index contributed by atoms with van der Waals surface area (Å²) < 4.78 is 1.40. The first-order valence-electron chi connectivity index (χ1n) is 9.78. The highest BCUT2D eigenvalue weighted by atomic mass is 16.4. The Morgan fingerprint density at radius 2 is 1.69 bits per heavy atom. The maximum Gasteiger partial charge on any atom is 0.349 e. The molecule has 0 spiro atoms. The first-order chi connectivity index (χ1) is 15.0. The third-order valence-corrected chi connectivity index (χ3v) is 4.87. The zero-order chi connectivity index (χ0) is 24.2. The molecule has 3 rings (SSSR count). The van der Waals surface area contributed by atoms with Crippen LogP contribution in [0, 0.1) is 13.8 Å². The van der Waals surface area contributed by atoms with Gasteiger partial charge in [0.25, 0.3) is 5.56 Å². The number of benzene rings is 1. The summed E-state index contributed by atoms with van der Waals surface area (Å²) >= 11 is 0. The largest absolute Gasteiger partial charge is 0.481 e. The van der Waals surface area contributed by atoms with Crippen molar-refractivity contribution in [2.75, 3.05) is 6.61 Å². The van der Waals surface area contributed by atoms with Crippen LogP contribution < -0.4 is 11.2 Å². The monoisotopic (exact) mass is 450 g/mol. The van der Waals surface area contributed by atoms with Crippen LogP contribution in [-0.2, 0) is 11.3 Å². The number of aliphatic hydroxyl groups excluding tert-OH is 4. The summed E-state index contributed by atoms with van der Waals surface area (Å²) in [5, 5.41) is 46.5. The van der Waals surface area contributed by atoms with Crippen molar-refractivity contribution < 1.29 is 30.3 Å². The van der Waals surface area contributed by atoms with Gasteiger partial charge in [0.2, 0.25) is 0 Å². The van der Waals surface area contributed by atoms with Gasteiger partial charge in [0.15, 0.2) is 11.5 Å². The topological polar surface area (TPSA) is 199 Å². The molecule has 2 aliphatic heterocycles. The van der Waals surface area contributed by atoms with Crippen molar-refractivity contribution >= 4 is 17.0 Å². The molecule has 0 aliphatic carbocycles. The van der Waals surface area contributed by atoms with Gasteiger partial charge in [0.1, 0.15) is 18.3 Å². The van der Waals surface area contributed by atoms with Crippen molar-refractivity contribution in [1.29, 1.82) is 0 Å². The van der Waals surface area contributed by atoms with Crippen molar-refractivity contribution in [3.63, 3.8) is 0 Å². The molecule has 0 aromatic heterocycles. The Bertz CT molecular complexity index is 1190. The fraction of sp³-hybridized carbons (Fsp3) is 0.450. The van der Waals surface area contributed by atoms with E-state index in [-0.39, 0.29) is 24.5 Å². The molecule has 0 fully saturated rings. The first kappa shape index (κ1) is 25.1. The smallest absolute Gasteiger partial charge is 0.349 e. The van der Waals surface area contributed by atoms with E-state index in [4.69, 9.17) is 10.2 Å². The van der Waals surface area contributed by atoms with Crippen LogP contribution in [0.5, 0.6) is 0 Å². The molecule has 2 heterocycles. The molecule has 0 bridgehead atoms. The number of rotatable bonds is 6. The third-order valence-electron chi connectivity index (χ3n) is 4.87. The fourth-order valence-corrected chi connectivity index (χ4v) is 2.89. The second-order valence-electron chi connectivity index (χ2n) is 7.25. The minimum absolute atomic E-state index is 0.0516. The van der Waals surface area contributed by atoms with Crippen LogP contribution in [0.1, 0.15) is 24.5 Å². The Hall–Kier alpha value is -3.19. The zero-order valence-corrected chi connectivity index (χ0v) is 17.8. The highest BCUT2D eigenvalue weighted by Crippen LogP contribution is 2.24. The Morgan fingerprint density at radius 3 is 2.25 bits per heavy atom. The molecule has 1 aromatic carbocycles. The van der Waals surface area contributed by atoms with Crippen LogP contribution in [0.25, 0.3) is 22.6 Å². The Labute approximate surface area is 181 Å². The number of carbonyl (C=O) groups is 1. The van der Waals surface area contributed by atoms with Gasteiger partial charge < -0.3 is 30.1 Å². The molecule has 12 nitrogen and oxygen atoms in total. The lowest BCUT2D eigenvalue weighted by atomic mass is 10.1. The number of aliphatic hydroxyl groups is 4. The molecule has 1 aromatic rings. The van der Waals surface area contributed by atoms with Crippen LogP contribution >= 0.6 is 0 Å².